The number of carboxylic acids is 1. The molecule has 27 heavy (non-hydrogen) atoms. The van der Waals surface area contributed by atoms with E-state index in [1.54, 1.807) is 18.2 Å². The predicted molar refractivity (Wildman–Crippen MR) is 108 cm³/mol. The summed E-state index contributed by atoms with van der Waals surface area (Å²) < 4.78 is 14.7. The van der Waals surface area contributed by atoms with Gasteiger partial charge in [-0.3, -0.25) is 4.99 Å². The molecule has 1 N–H and O–H groups in total. The molecule has 1 aliphatic rings. The van der Waals surface area contributed by atoms with Gasteiger partial charge in [-0.15, -0.1) is 0 Å². The number of rotatable bonds is 4. The van der Waals surface area contributed by atoms with Crippen LogP contribution in [0.5, 0.6) is 0 Å². The SMILES string of the molecule is CCN1c2cc(F)c(C=Nc3ccc(C(=O)O)cc3)cc2C(C)=CC1(C)C. The molecule has 0 amide bonds. The number of carboxylic acid groups (broad SMARTS) is 1. The van der Waals surface area contributed by atoms with Crippen molar-refractivity contribution in [1.82, 2.24) is 0 Å². The molecular formula is C22H23FN2O2. The summed E-state index contributed by atoms with van der Waals surface area (Å²) in [5, 5.41) is 8.94. The molecule has 1 aliphatic heterocycles. The van der Waals surface area contributed by atoms with E-state index in [1.165, 1.54) is 18.3 Å². The Balaban J connectivity index is 1.97. The minimum Gasteiger partial charge on any atom is -0.478 e. The van der Waals surface area contributed by atoms with E-state index in [4.69, 9.17) is 5.11 Å². The number of benzene rings is 2. The minimum atomic E-state index is -0.989. The highest BCUT2D eigenvalue weighted by atomic mass is 19.1. The van der Waals surface area contributed by atoms with Gasteiger partial charge in [-0.25, -0.2) is 9.18 Å². The molecular weight excluding hydrogens is 343 g/mol. The lowest BCUT2D eigenvalue weighted by molar-refractivity contribution is 0.0697. The Bertz CT molecular complexity index is 944. The number of anilines is 1. The third-order valence-corrected chi connectivity index (χ3v) is 4.88. The lowest BCUT2D eigenvalue weighted by Gasteiger charge is -2.42. The third kappa shape index (κ3) is 3.63. The number of aliphatic imine (C=N–C) groups is 1. The van der Waals surface area contributed by atoms with Crippen molar-refractivity contribution in [2.75, 3.05) is 11.4 Å². The number of likely N-dealkylation sites (N-methyl/N-ethyl adjacent to an activating group) is 1. The molecule has 0 unspecified atom stereocenters. The van der Waals surface area contributed by atoms with Crippen LogP contribution in [0, 0.1) is 5.82 Å². The molecule has 0 bridgehead atoms. The van der Waals surface area contributed by atoms with E-state index in [-0.39, 0.29) is 16.9 Å². The second kappa shape index (κ2) is 6.99. The van der Waals surface area contributed by atoms with E-state index in [0.29, 0.717) is 11.3 Å². The van der Waals surface area contributed by atoms with Crippen LogP contribution in [0.2, 0.25) is 0 Å². The van der Waals surface area contributed by atoms with Crippen molar-refractivity contribution in [3.05, 3.63) is 65.0 Å². The Hall–Kier alpha value is -2.95. The standard InChI is InChI=1S/C22H23FN2O2/c1-5-25-20-11-19(23)16(10-18(20)14(2)12-22(25,3)4)13-24-17-8-6-15(7-9-17)21(26)27/h6-13H,5H2,1-4H3,(H,26,27). The smallest absolute Gasteiger partial charge is 0.335 e. The van der Waals surface area contributed by atoms with Gasteiger partial charge in [-0.05, 0) is 69.7 Å². The number of hydrogen-bond donors (Lipinski definition) is 1. The quantitative estimate of drug-likeness (QED) is 0.748. The molecule has 140 valence electrons. The van der Waals surface area contributed by atoms with Crippen molar-refractivity contribution >= 4 is 29.1 Å². The Labute approximate surface area is 158 Å². The van der Waals surface area contributed by atoms with Crippen LogP contribution in [0.1, 0.15) is 49.2 Å². The van der Waals surface area contributed by atoms with Gasteiger partial charge in [0.15, 0.2) is 0 Å². The van der Waals surface area contributed by atoms with Crippen LogP contribution in [-0.2, 0) is 0 Å². The van der Waals surface area contributed by atoms with Gasteiger partial charge in [0, 0.05) is 29.6 Å². The number of allylic oxidation sites excluding steroid dienone is 1. The first-order chi connectivity index (χ1) is 12.7. The fraction of sp³-hybridized carbons (Fsp3) is 0.273. The molecule has 0 radical (unpaired) electrons. The van der Waals surface area contributed by atoms with Gasteiger partial charge in [0.25, 0.3) is 0 Å². The molecule has 4 nitrogen and oxygen atoms in total. The fourth-order valence-corrected chi connectivity index (χ4v) is 3.63. The molecule has 0 saturated carbocycles. The maximum absolute atomic E-state index is 14.7. The Morgan fingerprint density at radius 2 is 1.93 bits per heavy atom. The first kappa shape index (κ1) is 18.8. The van der Waals surface area contributed by atoms with Gasteiger partial charge >= 0.3 is 5.97 Å². The van der Waals surface area contributed by atoms with E-state index in [2.05, 4.69) is 36.7 Å². The van der Waals surface area contributed by atoms with Crippen molar-refractivity contribution in [3.8, 4) is 0 Å². The molecule has 5 heteroatoms. The van der Waals surface area contributed by atoms with Gasteiger partial charge < -0.3 is 10.0 Å². The van der Waals surface area contributed by atoms with Crippen molar-refractivity contribution in [3.63, 3.8) is 0 Å². The summed E-state index contributed by atoms with van der Waals surface area (Å²) in [6.07, 6.45) is 3.68. The second-order valence-electron chi connectivity index (χ2n) is 7.23. The zero-order valence-corrected chi connectivity index (χ0v) is 16.0. The summed E-state index contributed by atoms with van der Waals surface area (Å²) in [5.41, 5.74) is 4.00. The average molecular weight is 366 g/mol. The largest absolute Gasteiger partial charge is 0.478 e. The first-order valence-corrected chi connectivity index (χ1v) is 8.91. The van der Waals surface area contributed by atoms with Crippen molar-refractivity contribution < 1.29 is 14.3 Å². The number of hydrogen-bond acceptors (Lipinski definition) is 3. The lowest BCUT2D eigenvalue weighted by Crippen LogP contribution is -2.45. The summed E-state index contributed by atoms with van der Waals surface area (Å²) in [6.45, 7) is 9.13. The van der Waals surface area contributed by atoms with Crippen LogP contribution in [0.4, 0.5) is 15.8 Å². The van der Waals surface area contributed by atoms with E-state index in [1.807, 2.05) is 13.0 Å². The first-order valence-electron chi connectivity index (χ1n) is 8.91. The van der Waals surface area contributed by atoms with Gasteiger partial charge in [0.2, 0.25) is 0 Å². The zero-order valence-electron chi connectivity index (χ0n) is 16.0. The van der Waals surface area contributed by atoms with E-state index >= 15 is 0 Å². The molecule has 0 spiro atoms. The summed E-state index contributed by atoms with van der Waals surface area (Å²) in [6, 6.07) is 9.56. The van der Waals surface area contributed by atoms with E-state index in [9.17, 15) is 9.18 Å². The minimum absolute atomic E-state index is 0.167. The normalized spacial score (nSPS) is 15.6. The predicted octanol–water partition coefficient (Wildman–Crippen LogP) is 5.30. The Kier molecular flexibility index (Phi) is 4.87. The average Bonchev–Trinajstić information content (AvgIpc) is 2.60. The molecule has 0 saturated heterocycles. The van der Waals surface area contributed by atoms with Gasteiger partial charge in [0.1, 0.15) is 5.82 Å². The van der Waals surface area contributed by atoms with Crippen molar-refractivity contribution in [2.45, 2.75) is 33.2 Å². The Morgan fingerprint density at radius 1 is 1.26 bits per heavy atom. The van der Waals surface area contributed by atoms with Crippen LogP contribution >= 0.6 is 0 Å². The second-order valence-corrected chi connectivity index (χ2v) is 7.23. The highest BCUT2D eigenvalue weighted by Gasteiger charge is 2.30. The summed E-state index contributed by atoms with van der Waals surface area (Å²) in [7, 11) is 0. The molecule has 2 aromatic rings. The summed E-state index contributed by atoms with van der Waals surface area (Å²) >= 11 is 0. The molecule has 0 aromatic heterocycles. The number of fused-ring (bicyclic) bond motifs is 1. The van der Waals surface area contributed by atoms with Crippen molar-refractivity contribution in [1.29, 1.82) is 0 Å². The number of carbonyl (C=O) groups is 1. The van der Waals surface area contributed by atoms with Crippen LogP contribution in [0.25, 0.3) is 5.57 Å². The van der Waals surface area contributed by atoms with Gasteiger partial charge in [-0.1, -0.05) is 6.08 Å². The summed E-state index contributed by atoms with van der Waals surface area (Å²) in [5.74, 6) is -1.32. The zero-order chi connectivity index (χ0) is 19.8. The molecule has 0 atom stereocenters. The maximum atomic E-state index is 14.7. The van der Waals surface area contributed by atoms with Crippen LogP contribution in [-0.4, -0.2) is 29.4 Å². The van der Waals surface area contributed by atoms with Crippen molar-refractivity contribution in [2.24, 2.45) is 4.99 Å². The van der Waals surface area contributed by atoms with Crippen LogP contribution < -0.4 is 4.90 Å². The van der Waals surface area contributed by atoms with Crippen LogP contribution in [0.3, 0.4) is 0 Å². The van der Waals surface area contributed by atoms with E-state index < -0.39 is 5.97 Å². The van der Waals surface area contributed by atoms with E-state index in [0.717, 1.165) is 23.4 Å². The lowest BCUT2D eigenvalue weighted by atomic mass is 9.88. The number of halogens is 1. The fourth-order valence-electron chi connectivity index (χ4n) is 3.63. The van der Waals surface area contributed by atoms with Gasteiger partial charge in [-0.2, -0.15) is 0 Å². The molecule has 3 rings (SSSR count). The highest BCUT2D eigenvalue weighted by Crippen LogP contribution is 2.39. The molecule has 0 fully saturated rings. The molecule has 2 aromatic carbocycles. The Morgan fingerprint density at radius 3 is 2.52 bits per heavy atom. The third-order valence-electron chi connectivity index (χ3n) is 4.88. The number of nitrogens with zero attached hydrogens (tertiary/aromatic N) is 2. The summed E-state index contributed by atoms with van der Waals surface area (Å²) in [4.78, 5) is 17.4. The highest BCUT2D eigenvalue weighted by molar-refractivity contribution is 5.90. The monoisotopic (exact) mass is 366 g/mol. The van der Waals surface area contributed by atoms with Crippen LogP contribution in [0.15, 0.2) is 47.5 Å². The van der Waals surface area contributed by atoms with Gasteiger partial charge in [0.05, 0.1) is 16.8 Å². The maximum Gasteiger partial charge on any atom is 0.335 e. The molecule has 1 heterocycles. The topological polar surface area (TPSA) is 52.9 Å². The number of aromatic carboxylic acids is 1. The molecule has 0 aliphatic carbocycles.